The quantitative estimate of drug-likeness (QED) is 0.0573. The van der Waals surface area contributed by atoms with Crippen LogP contribution in [0.25, 0.3) is 0 Å². The van der Waals surface area contributed by atoms with E-state index >= 15 is 0 Å². The van der Waals surface area contributed by atoms with Crippen LogP contribution in [-0.4, -0.2) is 43.8 Å². The number of nitrogens with zero attached hydrogens (tertiary/aromatic N) is 2. The van der Waals surface area contributed by atoms with Crippen molar-refractivity contribution >= 4 is 17.1 Å². The number of hydrogen-bond donors (Lipinski definition) is 4. The molecule has 0 radical (unpaired) electrons. The Morgan fingerprint density at radius 1 is 0.507 bits per heavy atom. The van der Waals surface area contributed by atoms with Gasteiger partial charge in [0.15, 0.2) is 5.71 Å². The highest BCUT2D eigenvalue weighted by atomic mass is 16.3. The third-order valence-corrected chi connectivity index (χ3v) is 16.2. The first-order valence-corrected chi connectivity index (χ1v) is 26.4. The first-order valence-electron chi connectivity index (χ1n) is 26.4. The van der Waals surface area contributed by atoms with Crippen LogP contribution in [0.2, 0.25) is 0 Å². The van der Waals surface area contributed by atoms with Crippen molar-refractivity contribution in [2.45, 2.75) is 141 Å². The van der Waals surface area contributed by atoms with Crippen molar-refractivity contribution in [3.63, 3.8) is 0 Å². The number of fused-ring (bicyclic) bond motifs is 2. The normalized spacial score (nSPS) is 17.1. The Morgan fingerprint density at radius 3 is 1.35 bits per heavy atom. The Balaban J connectivity index is 0.966. The van der Waals surface area contributed by atoms with Crippen molar-refractivity contribution in [3.05, 3.63) is 202 Å². The van der Waals surface area contributed by atoms with Crippen LogP contribution in [0.15, 0.2) is 157 Å². The molecule has 0 bridgehead atoms. The Labute approximate surface area is 424 Å². The Hall–Kier alpha value is -6.53. The lowest BCUT2D eigenvalue weighted by molar-refractivity contribution is -0.433. The van der Waals surface area contributed by atoms with Crippen LogP contribution in [0.3, 0.4) is 0 Å². The molecule has 2 aliphatic rings. The Morgan fingerprint density at radius 2 is 0.930 bits per heavy atom. The molecule has 4 N–H and O–H groups in total. The van der Waals surface area contributed by atoms with Gasteiger partial charge in [0.1, 0.15) is 29.5 Å². The highest BCUT2D eigenvalue weighted by Gasteiger charge is 2.44. The Bertz CT molecular complexity index is 2850. The third kappa shape index (κ3) is 10.7. The molecule has 2 heterocycles. The van der Waals surface area contributed by atoms with E-state index in [4.69, 9.17) is 0 Å². The predicted octanol–water partition coefficient (Wildman–Crippen LogP) is 15.8. The second kappa shape index (κ2) is 21.9. The number of aryl methyl sites for hydroxylation is 2. The van der Waals surface area contributed by atoms with E-state index in [1.165, 1.54) is 67.3 Å². The average molecular weight is 950 g/mol. The van der Waals surface area contributed by atoms with Crippen LogP contribution in [0.1, 0.15) is 162 Å². The summed E-state index contributed by atoms with van der Waals surface area (Å²) in [6.07, 6.45) is 15.1. The van der Waals surface area contributed by atoms with Crippen LogP contribution in [-0.2, 0) is 23.7 Å². The highest BCUT2D eigenvalue weighted by molar-refractivity contribution is 6.03. The molecule has 8 rings (SSSR count). The molecular weight excluding hydrogens is 873 g/mol. The van der Waals surface area contributed by atoms with E-state index in [0.717, 1.165) is 64.5 Å². The second-order valence-electron chi connectivity index (χ2n) is 21.1. The summed E-state index contributed by atoms with van der Waals surface area (Å²) in [5.41, 5.74) is 15.3. The van der Waals surface area contributed by atoms with E-state index in [1.54, 1.807) is 48.5 Å². The summed E-state index contributed by atoms with van der Waals surface area (Å²) in [7, 11) is 0. The molecule has 0 saturated carbocycles. The van der Waals surface area contributed by atoms with Crippen molar-refractivity contribution in [2.24, 2.45) is 0 Å². The van der Waals surface area contributed by atoms with Crippen LogP contribution < -0.4 is 4.90 Å². The molecule has 71 heavy (non-hydrogen) atoms. The number of aromatic hydroxyl groups is 4. The zero-order valence-corrected chi connectivity index (χ0v) is 43.5. The molecule has 370 valence electrons. The van der Waals surface area contributed by atoms with Gasteiger partial charge < -0.3 is 25.3 Å². The number of anilines is 1. The number of allylic oxidation sites excluding steroid dienone is 4. The molecule has 0 amide bonds. The van der Waals surface area contributed by atoms with Gasteiger partial charge in [-0.3, -0.25) is 0 Å². The van der Waals surface area contributed by atoms with Gasteiger partial charge in [0.05, 0.1) is 5.41 Å². The van der Waals surface area contributed by atoms with Crippen LogP contribution in [0, 0.1) is 0 Å². The highest BCUT2D eigenvalue weighted by Crippen LogP contribution is 2.49. The maximum absolute atomic E-state index is 10.1. The monoisotopic (exact) mass is 950 g/mol. The van der Waals surface area contributed by atoms with Gasteiger partial charge in [-0.25, -0.2) is 0 Å². The molecule has 6 heteroatoms. The molecule has 0 saturated heterocycles. The molecule has 6 aromatic carbocycles. The van der Waals surface area contributed by atoms with Crippen molar-refractivity contribution in [1.82, 2.24) is 0 Å². The summed E-state index contributed by atoms with van der Waals surface area (Å²) in [5.74, 6) is 2.32. The molecule has 2 aliphatic heterocycles. The predicted molar refractivity (Wildman–Crippen MR) is 294 cm³/mol. The van der Waals surface area contributed by atoms with Gasteiger partial charge in [-0.05, 0) is 208 Å². The molecule has 0 spiro atoms. The lowest BCUT2D eigenvalue weighted by atomic mass is 9.76. The average Bonchev–Trinajstić information content (AvgIpc) is 3.72. The summed E-state index contributed by atoms with van der Waals surface area (Å²) >= 11 is 0. The maximum Gasteiger partial charge on any atom is 0.209 e. The van der Waals surface area contributed by atoms with Crippen LogP contribution in [0.4, 0.5) is 11.4 Å². The number of phenolic OH excluding ortho intramolecular Hbond substituents is 4. The molecule has 6 nitrogen and oxygen atoms in total. The van der Waals surface area contributed by atoms with E-state index in [0.29, 0.717) is 11.8 Å². The maximum atomic E-state index is 10.1. The topological polar surface area (TPSA) is 87.2 Å². The smallest absolute Gasteiger partial charge is 0.209 e. The standard InChI is InChI=1S/C65H76N2O4/c1-9-54(46-24-32-50(68)33-25-46)56(48-28-36-52(70)37-29-48)18-13-16-44-22-40-60-58(42-44)64(5,6)62(66(60)11-3)20-15-21-63-65(7,8)59-43-45(23-41-61(59)67(63)12-4)17-14-19-57(49-30-38-53(71)39-31-49)55(10-2)47-26-34-51(69)35-27-47/h15,20-43,54-57H,9-14,16-19H2,1-8H3,(H3-,68,69,70,71)/p+1. The fourth-order valence-corrected chi connectivity index (χ4v) is 12.3. The van der Waals surface area contributed by atoms with Gasteiger partial charge in [0, 0.05) is 41.1 Å². The van der Waals surface area contributed by atoms with Gasteiger partial charge in [0.25, 0.3) is 0 Å². The first-order chi connectivity index (χ1) is 34.2. The largest absolute Gasteiger partial charge is 0.508 e. The van der Waals surface area contributed by atoms with E-state index in [9.17, 15) is 20.4 Å². The first kappa shape index (κ1) is 50.8. The minimum Gasteiger partial charge on any atom is -0.508 e. The van der Waals surface area contributed by atoms with Crippen molar-refractivity contribution in [2.75, 3.05) is 18.0 Å². The lowest BCUT2D eigenvalue weighted by Gasteiger charge is -2.28. The summed E-state index contributed by atoms with van der Waals surface area (Å²) in [6, 6.07) is 45.2. The zero-order chi connectivity index (χ0) is 50.5. The van der Waals surface area contributed by atoms with Gasteiger partial charge in [-0.2, -0.15) is 4.58 Å². The Kier molecular flexibility index (Phi) is 15.6. The SMILES string of the molecule is CCC(c1ccc(O)cc1)C(CCCc1ccc2c(c1)C(C)(C)C(/C=C/C=C1/N(CC)c3ccc(CCCC(c4ccc(O)cc4)C(CC)c4ccc(O)cc4)cc3C1(C)C)=[N+]2CC)c1ccc(O)cc1. The summed E-state index contributed by atoms with van der Waals surface area (Å²) in [4.78, 5) is 2.50. The molecule has 0 fully saturated rings. The van der Waals surface area contributed by atoms with Crippen LogP contribution >= 0.6 is 0 Å². The second-order valence-corrected chi connectivity index (χ2v) is 21.1. The number of benzene rings is 6. The summed E-state index contributed by atoms with van der Waals surface area (Å²) in [6.45, 7) is 20.3. The van der Waals surface area contributed by atoms with Gasteiger partial charge >= 0.3 is 0 Å². The van der Waals surface area contributed by atoms with Crippen molar-refractivity contribution in [1.29, 1.82) is 0 Å². The minimum atomic E-state index is -0.174. The summed E-state index contributed by atoms with van der Waals surface area (Å²) < 4.78 is 2.50. The summed E-state index contributed by atoms with van der Waals surface area (Å²) in [5, 5.41) is 40.3. The number of phenols is 4. The third-order valence-electron chi connectivity index (χ3n) is 16.2. The van der Waals surface area contributed by atoms with Gasteiger partial charge in [-0.1, -0.05) is 101 Å². The van der Waals surface area contributed by atoms with Crippen LogP contribution in [0.5, 0.6) is 23.0 Å². The van der Waals surface area contributed by atoms with Gasteiger partial charge in [0.2, 0.25) is 5.69 Å². The molecule has 4 unspecified atom stereocenters. The number of rotatable bonds is 20. The fraction of sp³-hybridized carbons (Fsp3) is 0.369. The van der Waals surface area contributed by atoms with Crippen molar-refractivity contribution < 1.29 is 25.0 Å². The van der Waals surface area contributed by atoms with Crippen molar-refractivity contribution in [3.8, 4) is 23.0 Å². The van der Waals surface area contributed by atoms with E-state index in [1.807, 2.05) is 0 Å². The molecule has 0 aliphatic carbocycles. The molecule has 6 aromatic rings. The van der Waals surface area contributed by atoms with Gasteiger partial charge in [-0.15, -0.1) is 0 Å². The molecular formula is C65H77N2O4+. The van der Waals surface area contributed by atoms with E-state index < -0.39 is 0 Å². The lowest BCUT2D eigenvalue weighted by Crippen LogP contribution is -2.28. The molecule has 4 atom stereocenters. The van der Waals surface area contributed by atoms with E-state index in [-0.39, 0.29) is 45.7 Å². The zero-order valence-electron chi connectivity index (χ0n) is 43.5. The number of likely N-dealkylation sites (N-methyl/N-ethyl adjacent to an activating group) is 1. The molecule has 0 aromatic heterocycles. The van der Waals surface area contributed by atoms with E-state index in [2.05, 4.69) is 168 Å². The fourth-order valence-electron chi connectivity index (χ4n) is 12.3. The minimum absolute atomic E-state index is 0.174. The number of hydrogen-bond acceptors (Lipinski definition) is 5.